The number of carbonyl (C=O) groups is 1. The number of ether oxygens (including phenoxy) is 1. The maximum atomic E-state index is 12.5. The second kappa shape index (κ2) is 8.83. The number of carbonyl (C=O) groups excluding carboxylic acids is 1. The Kier molecular flexibility index (Phi) is 5.79. The molecule has 4 rings (SSSR count). The van der Waals surface area contributed by atoms with Gasteiger partial charge in [-0.1, -0.05) is 23.4 Å². The van der Waals surface area contributed by atoms with Gasteiger partial charge in [-0.15, -0.1) is 0 Å². The summed E-state index contributed by atoms with van der Waals surface area (Å²) in [5.74, 6) is 1.51. The summed E-state index contributed by atoms with van der Waals surface area (Å²) >= 11 is 0. The Hall–Kier alpha value is -3.94. The number of hydrogen-bond donors (Lipinski definition) is 1. The maximum absolute atomic E-state index is 12.5. The Balaban J connectivity index is 1.39. The number of rotatable bonds is 7. The highest BCUT2D eigenvalue weighted by atomic mass is 16.5. The van der Waals surface area contributed by atoms with Crippen LogP contribution in [-0.2, 0) is 11.2 Å². The van der Waals surface area contributed by atoms with Gasteiger partial charge in [-0.05, 0) is 50.2 Å². The molecule has 0 radical (unpaired) electrons. The molecule has 0 aliphatic carbocycles. The first-order chi connectivity index (χ1) is 15.0. The molecule has 0 atom stereocenters. The second-order valence-corrected chi connectivity index (χ2v) is 7.08. The number of benzene rings is 2. The van der Waals surface area contributed by atoms with Crippen molar-refractivity contribution in [2.45, 2.75) is 26.7 Å². The summed E-state index contributed by atoms with van der Waals surface area (Å²) in [6.45, 7) is 3.81. The average molecular weight is 417 g/mol. The van der Waals surface area contributed by atoms with Crippen molar-refractivity contribution < 1.29 is 14.1 Å². The predicted octanol–water partition coefficient (Wildman–Crippen LogP) is 4.12. The number of hydrogen-bond acceptors (Lipinski definition) is 6. The van der Waals surface area contributed by atoms with Gasteiger partial charge in [0.15, 0.2) is 0 Å². The van der Waals surface area contributed by atoms with Crippen LogP contribution in [0.2, 0.25) is 0 Å². The number of nitrogens with one attached hydrogen (secondary N) is 1. The van der Waals surface area contributed by atoms with Crippen LogP contribution in [0.4, 0.5) is 5.69 Å². The van der Waals surface area contributed by atoms with Crippen molar-refractivity contribution in [3.63, 3.8) is 0 Å². The lowest BCUT2D eigenvalue weighted by atomic mass is 10.2. The van der Waals surface area contributed by atoms with Gasteiger partial charge in [0.2, 0.25) is 17.6 Å². The molecule has 2 aromatic heterocycles. The summed E-state index contributed by atoms with van der Waals surface area (Å²) in [7, 11) is 1.61. The first-order valence-corrected chi connectivity index (χ1v) is 9.93. The lowest BCUT2D eigenvalue weighted by Gasteiger charge is -2.06. The molecule has 2 aromatic carbocycles. The first kappa shape index (κ1) is 20.3. The van der Waals surface area contributed by atoms with Crippen LogP contribution in [0.3, 0.4) is 0 Å². The maximum Gasteiger partial charge on any atom is 0.227 e. The van der Waals surface area contributed by atoms with Crippen molar-refractivity contribution in [3.05, 3.63) is 71.9 Å². The number of methoxy groups -OCH3 is 1. The van der Waals surface area contributed by atoms with Crippen LogP contribution in [0, 0.1) is 13.8 Å². The Morgan fingerprint density at radius 2 is 1.84 bits per heavy atom. The van der Waals surface area contributed by atoms with Gasteiger partial charge in [-0.2, -0.15) is 10.1 Å². The molecule has 0 spiro atoms. The van der Waals surface area contributed by atoms with Crippen LogP contribution in [-0.4, -0.2) is 32.9 Å². The molecule has 1 N–H and O–H groups in total. The van der Waals surface area contributed by atoms with Crippen molar-refractivity contribution in [2.24, 2.45) is 0 Å². The van der Waals surface area contributed by atoms with E-state index in [2.05, 4.69) is 20.6 Å². The van der Waals surface area contributed by atoms with Gasteiger partial charge >= 0.3 is 0 Å². The summed E-state index contributed by atoms with van der Waals surface area (Å²) < 4.78 is 12.3. The van der Waals surface area contributed by atoms with Crippen molar-refractivity contribution in [1.82, 2.24) is 19.9 Å². The lowest BCUT2D eigenvalue weighted by molar-refractivity contribution is -0.116. The van der Waals surface area contributed by atoms with Crippen molar-refractivity contribution in [3.8, 4) is 22.8 Å². The molecule has 158 valence electrons. The molecule has 1 amide bonds. The summed E-state index contributed by atoms with van der Waals surface area (Å²) in [5.41, 5.74) is 4.12. The minimum Gasteiger partial charge on any atom is -0.497 e. The highest BCUT2D eigenvalue weighted by Crippen LogP contribution is 2.23. The normalized spacial score (nSPS) is 10.8. The molecule has 31 heavy (non-hydrogen) atoms. The molecule has 0 fully saturated rings. The number of anilines is 1. The highest BCUT2D eigenvalue weighted by molar-refractivity contribution is 5.92. The minimum absolute atomic E-state index is 0.136. The zero-order chi connectivity index (χ0) is 21.8. The predicted molar refractivity (Wildman–Crippen MR) is 116 cm³/mol. The van der Waals surface area contributed by atoms with E-state index in [1.807, 2.05) is 73.1 Å². The van der Waals surface area contributed by atoms with Crippen molar-refractivity contribution in [2.75, 3.05) is 12.4 Å². The smallest absolute Gasteiger partial charge is 0.227 e. The monoisotopic (exact) mass is 417 g/mol. The van der Waals surface area contributed by atoms with Gasteiger partial charge in [0.1, 0.15) is 5.75 Å². The van der Waals surface area contributed by atoms with E-state index < -0.39 is 0 Å². The van der Waals surface area contributed by atoms with Crippen LogP contribution < -0.4 is 10.1 Å². The van der Waals surface area contributed by atoms with Gasteiger partial charge in [0.25, 0.3) is 0 Å². The standard InChI is InChI=1S/C23H23N5O3/c1-15-22(16(2)28(26-15)18-7-5-4-6-8-18)24-20(29)13-14-21-25-23(27-31-21)17-9-11-19(30-3)12-10-17/h4-12H,13-14H2,1-3H3,(H,24,29). The fraction of sp³-hybridized carbons (Fsp3) is 0.217. The van der Waals surface area contributed by atoms with Gasteiger partial charge < -0.3 is 14.6 Å². The first-order valence-electron chi connectivity index (χ1n) is 9.93. The third-order valence-corrected chi connectivity index (χ3v) is 4.94. The molecule has 0 aliphatic rings. The fourth-order valence-electron chi connectivity index (χ4n) is 3.28. The van der Waals surface area contributed by atoms with Gasteiger partial charge in [0, 0.05) is 18.4 Å². The van der Waals surface area contributed by atoms with Crippen LogP contribution in [0.25, 0.3) is 17.1 Å². The van der Waals surface area contributed by atoms with Crippen LogP contribution in [0.15, 0.2) is 59.1 Å². The largest absolute Gasteiger partial charge is 0.497 e. The molecule has 8 nitrogen and oxygen atoms in total. The SMILES string of the molecule is COc1ccc(-c2noc(CCC(=O)Nc3c(C)nn(-c4ccccc4)c3C)n2)cc1. The Morgan fingerprint density at radius 1 is 1.10 bits per heavy atom. The molecule has 0 saturated carbocycles. The Labute approximate surface area is 179 Å². The number of aryl methyl sites for hydroxylation is 2. The topological polar surface area (TPSA) is 95.1 Å². The summed E-state index contributed by atoms with van der Waals surface area (Å²) in [6.07, 6.45) is 0.569. The Bertz CT molecular complexity index is 1180. The zero-order valence-electron chi connectivity index (χ0n) is 17.6. The molecule has 4 aromatic rings. The van der Waals surface area contributed by atoms with Crippen molar-refractivity contribution in [1.29, 1.82) is 0 Å². The van der Waals surface area contributed by atoms with E-state index in [4.69, 9.17) is 9.26 Å². The minimum atomic E-state index is -0.136. The molecule has 0 aliphatic heterocycles. The lowest BCUT2D eigenvalue weighted by Crippen LogP contribution is -2.13. The quantitative estimate of drug-likeness (QED) is 0.486. The van der Waals surface area contributed by atoms with Gasteiger partial charge in [0.05, 0.1) is 29.9 Å². The summed E-state index contributed by atoms with van der Waals surface area (Å²) in [4.78, 5) is 16.9. The van der Waals surface area contributed by atoms with E-state index in [-0.39, 0.29) is 12.3 Å². The van der Waals surface area contributed by atoms with Crippen LogP contribution >= 0.6 is 0 Å². The molecule has 8 heteroatoms. The highest BCUT2D eigenvalue weighted by Gasteiger charge is 2.16. The second-order valence-electron chi connectivity index (χ2n) is 7.08. The van der Waals surface area contributed by atoms with E-state index in [1.165, 1.54) is 0 Å². The van der Waals surface area contributed by atoms with E-state index in [9.17, 15) is 4.79 Å². The number of aromatic nitrogens is 4. The van der Waals surface area contributed by atoms with E-state index in [1.54, 1.807) is 7.11 Å². The summed E-state index contributed by atoms with van der Waals surface area (Å²) in [6, 6.07) is 17.2. The molecule has 0 saturated heterocycles. The molecular weight excluding hydrogens is 394 g/mol. The fourth-order valence-corrected chi connectivity index (χ4v) is 3.28. The van der Waals surface area contributed by atoms with Crippen molar-refractivity contribution >= 4 is 11.6 Å². The van der Waals surface area contributed by atoms with E-state index in [0.29, 0.717) is 18.1 Å². The summed E-state index contributed by atoms with van der Waals surface area (Å²) in [5, 5.41) is 11.5. The molecular formula is C23H23N5O3. The Morgan fingerprint density at radius 3 is 2.55 bits per heavy atom. The van der Waals surface area contributed by atoms with E-state index in [0.717, 1.165) is 34.1 Å². The van der Waals surface area contributed by atoms with Crippen LogP contribution in [0.5, 0.6) is 5.75 Å². The molecule has 0 bridgehead atoms. The van der Waals surface area contributed by atoms with Gasteiger partial charge in [-0.25, -0.2) is 4.68 Å². The van der Waals surface area contributed by atoms with Crippen LogP contribution in [0.1, 0.15) is 23.7 Å². The third-order valence-electron chi connectivity index (χ3n) is 4.94. The van der Waals surface area contributed by atoms with E-state index >= 15 is 0 Å². The molecule has 0 unspecified atom stereocenters. The number of para-hydroxylation sites is 1. The third kappa shape index (κ3) is 4.48. The zero-order valence-corrected chi connectivity index (χ0v) is 17.6. The van der Waals surface area contributed by atoms with Gasteiger partial charge in [-0.3, -0.25) is 4.79 Å². The number of nitrogens with zero attached hydrogens (tertiary/aromatic N) is 4. The molecule has 2 heterocycles. The average Bonchev–Trinajstić information content (AvgIpc) is 3.39. The number of amides is 1.